The van der Waals surface area contributed by atoms with E-state index in [2.05, 4.69) is 92.0 Å². The second-order valence-electron chi connectivity index (χ2n) is 14.5. The first-order valence-corrected chi connectivity index (χ1v) is 21.9. The van der Waals surface area contributed by atoms with Crippen LogP contribution < -0.4 is 0 Å². The first-order chi connectivity index (χ1) is 20.0. The molecule has 0 aliphatic rings. The largest absolute Gasteiger partial charge is 0.481 e. The fourth-order valence-electron chi connectivity index (χ4n) is 5.05. The number of hydrogen-bond donors (Lipinski definition) is 2. The van der Waals surface area contributed by atoms with Crippen LogP contribution in [0.3, 0.4) is 0 Å². The number of aliphatic hydroxyl groups is 1. The van der Waals surface area contributed by atoms with Gasteiger partial charge in [-0.1, -0.05) is 90.1 Å². The highest BCUT2D eigenvalue weighted by Gasteiger charge is 2.26. The van der Waals surface area contributed by atoms with Crippen LogP contribution in [0.15, 0.2) is 48.5 Å². The predicted octanol–water partition coefficient (Wildman–Crippen LogP) is 8.01. The number of carboxylic acids is 1. The van der Waals surface area contributed by atoms with Crippen LogP contribution in [0, 0.1) is 10.8 Å². The molecular weight excluding hydrogens is 569 g/mol. The molecule has 5 nitrogen and oxygen atoms in total. The van der Waals surface area contributed by atoms with Crippen molar-refractivity contribution >= 4 is 24.0 Å². The van der Waals surface area contributed by atoms with E-state index in [1.807, 2.05) is 24.3 Å². The van der Waals surface area contributed by atoms with Gasteiger partial charge in [-0.3, -0.25) is 4.79 Å². The van der Waals surface area contributed by atoms with Gasteiger partial charge in [0.15, 0.2) is 18.1 Å². The number of aliphatic carboxylic acids is 1. The normalized spacial score (nSPS) is 13.5. The Hall–Kier alpha value is -1.78. The molecule has 0 aromatic heterocycles. The van der Waals surface area contributed by atoms with E-state index in [9.17, 15) is 4.79 Å². The monoisotopic (exact) mass is 630 g/mol. The van der Waals surface area contributed by atoms with E-state index in [1.54, 1.807) is 0 Å². The molecule has 2 aromatic rings. The molecule has 0 aliphatic carbocycles. The molecule has 0 radical (unpaired) electrons. The van der Waals surface area contributed by atoms with Gasteiger partial charge in [-0.15, -0.1) is 0 Å². The molecule has 2 atom stereocenters. The van der Waals surface area contributed by atoms with E-state index in [0.717, 1.165) is 44.1 Å². The molecule has 2 rings (SSSR count). The van der Waals surface area contributed by atoms with E-state index in [-0.39, 0.29) is 23.9 Å². The van der Waals surface area contributed by atoms with Gasteiger partial charge in [0.1, 0.15) is 0 Å². The Kier molecular flexibility index (Phi) is 17.9. The Morgan fingerprint density at radius 3 is 1.26 bits per heavy atom. The van der Waals surface area contributed by atoms with Gasteiger partial charge in [-0.2, -0.15) is 0 Å². The molecular formula is C36H62O5Si2. The van der Waals surface area contributed by atoms with Gasteiger partial charge in [0, 0.05) is 18.8 Å². The third-order valence-corrected chi connectivity index (χ3v) is 9.22. The maximum Gasteiger partial charge on any atom is 0.307 e. The average molecular weight is 631 g/mol. The molecule has 0 spiro atoms. The second kappa shape index (κ2) is 19.6. The first-order valence-electron chi connectivity index (χ1n) is 16.3. The average Bonchev–Trinajstić information content (AvgIpc) is 2.88. The highest BCUT2D eigenvalue weighted by atomic mass is 28.3. The maximum atomic E-state index is 10.7. The summed E-state index contributed by atoms with van der Waals surface area (Å²) in [6, 6.07) is 16.6. The zero-order valence-electron chi connectivity index (χ0n) is 28.9. The van der Waals surface area contributed by atoms with Crippen molar-refractivity contribution in [1.82, 2.24) is 0 Å². The molecule has 0 fully saturated rings. The molecule has 0 saturated carbocycles. The molecule has 43 heavy (non-hydrogen) atoms. The van der Waals surface area contributed by atoms with Crippen molar-refractivity contribution in [2.24, 2.45) is 10.8 Å². The Morgan fingerprint density at radius 2 is 0.977 bits per heavy atom. The summed E-state index contributed by atoms with van der Waals surface area (Å²) < 4.78 is 12.4. The van der Waals surface area contributed by atoms with Gasteiger partial charge < -0.3 is 19.1 Å². The lowest BCUT2D eigenvalue weighted by Crippen LogP contribution is -2.33. The molecule has 0 saturated heterocycles. The Labute approximate surface area is 266 Å². The lowest BCUT2D eigenvalue weighted by atomic mass is 9.86. The molecule has 0 heterocycles. The van der Waals surface area contributed by atoms with Crippen molar-refractivity contribution in [3.63, 3.8) is 0 Å². The van der Waals surface area contributed by atoms with Crippen molar-refractivity contribution in [2.45, 2.75) is 131 Å². The number of aliphatic hydroxyl groups excluding tert-OH is 1. The molecule has 0 bridgehead atoms. The SMILES string of the molecule is C[SiH](C)OC(CCCc1ccc(CC(=O)O)cc1)C(C)(C)C.C[SiH](C)OC(CCCc1ccc(CCO)cc1)C(C)(C)C. The number of carbonyl (C=O) groups is 1. The van der Waals surface area contributed by atoms with Gasteiger partial charge >= 0.3 is 5.97 Å². The van der Waals surface area contributed by atoms with Gasteiger partial charge in [0.25, 0.3) is 0 Å². The summed E-state index contributed by atoms with van der Waals surface area (Å²) in [4.78, 5) is 10.7. The summed E-state index contributed by atoms with van der Waals surface area (Å²) in [5.74, 6) is -0.782. The van der Waals surface area contributed by atoms with E-state index >= 15 is 0 Å². The molecule has 0 aliphatic heterocycles. The van der Waals surface area contributed by atoms with Crippen LogP contribution in [0.4, 0.5) is 0 Å². The quantitative estimate of drug-likeness (QED) is 0.184. The molecule has 7 heteroatoms. The van der Waals surface area contributed by atoms with Crippen molar-refractivity contribution in [3.8, 4) is 0 Å². The van der Waals surface area contributed by atoms with Crippen molar-refractivity contribution in [1.29, 1.82) is 0 Å². The van der Waals surface area contributed by atoms with Gasteiger partial charge in [0.2, 0.25) is 0 Å². The van der Waals surface area contributed by atoms with Crippen LogP contribution in [0.2, 0.25) is 26.2 Å². The van der Waals surface area contributed by atoms with E-state index < -0.39 is 24.0 Å². The minimum absolute atomic E-state index is 0.0965. The van der Waals surface area contributed by atoms with Crippen molar-refractivity contribution < 1.29 is 23.9 Å². The maximum absolute atomic E-state index is 10.7. The molecule has 244 valence electrons. The van der Waals surface area contributed by atoms with Gasteiger partial charge in [-0.05, 0) is 104 Å². The minimum atomic E-state index is -1.02. The number of carboxylic acid groups (broad SMARTS) is 1. The third-order valence-electron chi connectivity index (χ3n) is 7.47. The summed E-state index contributed by atoms with van der Waals surface area (Å²) in [7, 11) is -2.00. The topological polar surface area (TPSA) is 76.0 Å². The van der Waals surface area contributed by atoms with Crippen LogP contribution in [0.5, 0.6) is 0 Å². The lowest BCUT2D eigenvalue weighted by molar-refractivity contribution is -0.136. The smallest absolute Gasteiger partial charge is 0.307 e. The standard InChI is InChI=1S/C18H30O3Si.C18H32O2Si/c1-18(2,3)16(21-22(4)5)8-6-7-14-9-11-15(12-10-14)13-17(19)20;1-18(2,3)17(20-21(4)5)8-6-7-15-9-11-16(12-10-15)13-14-19/h9-12,16,22H,6-8,13H2,1-5H3,(H,19,20);9-12,17,19,21H,6-8,13-14H2,1-5H3. The number of rotatable bonds is 16. The Morgan fingerprint density at radius 1 is 0.651 bits per heavy atom. The van der Waals surface area contributed by atoms with E-state index in [0.29, 0.717) is 12.2 Å². The predicted molar refractivity (Wildman–Crippen MR) is 187 cm³/mol. The highest BCUT2D eigenvalue weighted by molar-refractivity contribution is 6.48. The summed E-state index contributed by atoms with van der Waals surface area (Å²) in [6.45, 7) is 22.7. The van der Waals surface area contributed by atoms with E-state index in [1.165, 1.54) is 23.1 Å². The fourth-order valence-corrected chi connectivity index (χ4v) is 7.45. The van der Waals surface area contributed by atoms with Crippen LogP contribution in [-0.4, -0.2) is 53.1 Å². The van der Waals surface area contributed by atoms with Crippen LogP contribution in [0.1, 0.15) is 89.5 Å². The number of hydrogen-bond acceptors (Lipinski definition) is 4. The lowest BCUT2D eigenvalue weighted by Gasteiger charge is -2.32. The van der Waals surface area contributed by atoms with Crippen molar-refractivity contribution in [3.05, 3.63) is 70.8 Å². The minimum Gasteiger partial charge on any atom is -0.481 e. The highest BCUT2D eigenvalue weighted by Crippen LogP contribution is 2.28. The third kappa shape index (κ3) is 17.9. The zero-order chi connectivity index (χ0) is 32.6. The van der Waals surface area contributed by atoms with Crippen molar-refractivity contribution in [2.75, 3.05) is 6.61 Å². The Balaban J connectivity index is 0.000000430. The Bertz CT molecular complexity index is 1020. The van der Waals surface area contributed by atoms with Crippen LogP contribution in [0.25, 0.3) is 0 Å². The van der Waals surface area contributed by atoms with Crippen LogP contribution >= 0.6 is 0 Å². The van der Waals surface area contributed by atoms with Crippen LogP contribution in [-0.2, 0) is 39.3 Å². The fraction of sp³-hybridized carbons (Fsp3) is 0.639. The first kappa shape index (κ1) is 39.2. The van der Waals surface area contributed by atoms with E-state index in [4.69, 9.17) is 19.1 Å². The summed E-state index contributed by atoms with van der Waals surface area (Å²) in [5.41, 5.74) is 5.13. The van der Waals surface area contributed by atoms with Gasteiger partial charge in [0.05, 0.1) is 6.42 Å². The summed E-state index contributed by atoms with van der Waals surface area (Å²) >= 11 is 0. The molecule has 2 N–H and O–H groups in total. The molecule has 2 aromatic carbocycles. The second-order valence-corrected chi connectivity index (χ2v) is 19.3. The summed E-state index contributed by atoms with van der Waals surface area (Å²) in [6.07, 6.45) is 8.14. The number of benzene rings is 2. The zero-order valence-corrected chi connectivity index (χ0v) is 31.2. The number of aryl methyl sites for hydroxylation is 2. The molecule has 2 unspecified atom stereocenters. The molecule has 0 amide bonds. The van der Waals surface area contributed by atoms with Gasteiger partial charge in [-0.25, -0.2) is 0 Å². The summed E-state index contributed by atoms with van der Waals surface area (Å²) in [5, 5.41) is 17.7.